The summed E-state index contributed by atoms with van der Waals surface area (Å²) < 4.78 is 1.71. The van der Waals surface area contributed by atoms with Gasteiger partial charge in [0.25, 0.3) is 0 Å². The highest BCUT2D eigenvalue weighted by Crippen LogP contribution is 2.19. The zero-order valence-corrected chi connectivity index (χ0v) is 8.73. The first-order valence-corrected chi connectivity index (χ1v) is 4.74. The van der Waals surface area contributed by atoms with Gasteiger partial charge in [0.2, 0.25) is 0 Å². The minimum Gasteiger partial charge on any atom is -0.240 e. The Morgan fingerprint density at radius 1 is 1.33 bits per heavy atom. The zero-order valence-electron chi connectivity index (χ0n) is 8.73. The second-order valence-corrected chi connectivity index (χ2v) is 3.46. The van der Waals surface area contributed by atoms with Crippen LogP contribution in [0.25, 0.3) is 5.69 Å². The first kappa shape index (κ1) is 9.47. The molecule has 74 valence electrons. The number of aromatic nitrogens is 2. The zero-order chi connectivity index (χ0) is 10.8. The summed E-state index contributed by atoms with van der Waals surface area (Å²) in [6, 6.07) is 8.01. The van der Waals surface area contributed by atoms with Crippen molar-refractivity contribution in [1.29, 1.82) is 5.26 Å². The fourth-order valence-corrected chi connectivity index (χ4v) is 1.54. The monoisotopic (exact) mass is 197 g/mol. The summed E-state index contributed by atoms with van der Waals surface area (Å²) in [6.07, 6.45) is 3.54. The van der Waals surface area contributed by atoms with Gasteiger partial charge < -0.3 is 0 Å². The first-order valence-electron chi connectivity index (χ1n) is 4.74. The molecule has 1 aromatic heterocycles. The van der Waals surface area contributed by atoms with Gasteiger partial charge in [-0.05, 0) is 37.1 Å². The first-order chi connectivity index (χ1) is 7.24. The molecular weight excluding hydrogens is 186 g/mol. The number of aryl methyl sites for hydroxylation is 1. The quantitative estimate of drug-likeness (QED) is 0.704. The maximum atomic E-state index is 9.13. The molecule has 3 nitrogen and oxygen atoms in total. The van der Waals surface area contributed by atoms with E-state index < -0.39 is 0 Å². The summed E-state index contributed by atoms with van der Waals surface area (Å²) in [4.78, 5) is 0. The van der Waals surface area contributed by atoms with Crippen molar-refractivity contribution in [2.45, 2.75) is 13.8 Å². The Bertz CT molecular complexity index is 519. The number of nitriles is 1. The van der Waals surface area contributed by atoms with E-state index in [0.717, 1.165) is 16.8 Å². The second-order valence-electron chi connectivity index (χ2n) is 3.46. The van der Waals surface area contributed by atoms with E-state index >= 15 is 0 Å². The van der Waals surface area contributed by atoms with E-state index in [4.69, 9.17) is 5.26 Å². The second kappa shape index (κ2) is 3.58. The van der Waals surface area contributed by atoms with E-state index in [1.54, 1.807) is 10.9 Å². The van der Waals surface area contributed by atoms with Crippen molar-refractivity contribution in [2.75, 3.05) is 0 Å². The van der Waals surface area contributed by atoms with Crippen molar-refractivity contribution in [3.05, 3.63) is 47.3 Å². The molecule has 1 heterocycles. The van der Waals surface area contributed by atoms with Crippen LogP contribution < -0.4 is 0 Å². The van der Waals surface area contributed by atoms with Crippen molar-refractivity contribution in [3.8, 4) is 11.8 Å². The number of hydrogen-bond donors (Lipinski definition) is 0. The third-order valence-corrected chi connectivity index (χ3v) is 2.58. The number of benzene rings is 1. The molecular formula is C12H11N3. The van der Waals surface area contributed by atoms with Gasteiger partial charge in [0.15, 0.2) is 0 Å². The largest absolute Gasteiger partial charge is 0.240 e. The molecule has 0 aliphatic heterocycles. The molecule has 2 rings (SSSR count). The Labute approximate surface area is 88.6 Å². The average molecular weight is 197 g/mol. The third-order valence-electron chi connectivity index (χ3n) is 2.58. The van der Waals surface area contributed by atoms with Crippen LogP contribution in [0, 0.1) is 25.2 Å². The van der Waals surface area contributed by atoms with Gasteiger partial charge in [-0.15, -0.1) is 0 Å². The van der Waals surface area contributed by atoms with E-state index in [1.165, 1.54) is 0 Å². The Kier molecular flexibility index (Phi) is 2.26. The predicted molar refractivity (Wildman–Crippen MR) is 57.8 cm³/mol. The molecule has 0 amide bonds. The van der Waals surface area contributed by atoms with Crippen LogP contribution in [-0.4, -0.2) is 9.78 Å². The summed E-state index contributed by atoms with van der Waals surface area (Å²) in [6.45, 7) is 3.96. The summed E-state index contributed by atoms with van der Waals surface area (Å²) >= 11 is 0. The standard InChI is InChI=1S/C12H11N3/c1-9-4-5-12(11(8-13)10(9)2)15-7-3-6-14-15/h3-7H,1-2H3. The third kappa shape index (κ3) is 1.50. The van der Waals surface area contributed by atoms with Gasteiger partial charge in [-0.2, -0.15) is 10.4 Å². The van der Waals surface area contributed by atoms with Crippen molar-refractivity contribution in [3.63, 3.8) is 0 Å². The molecule has 0 radical (unpaired) electrons. The highest BCUT2D eigenvalue weighted by molar-refractivity contribution is 5.55. The molecule has 0 spiro atoms. The Morgan fingerprint density at radius 2 is 2.13 bits per heavy atom. The van der Waals surface area contributed by atoms with Crippen LogP contribution in [0.5, 0.6) is 0 Å². The molecule has 0 bridgehead atoms. The van der Waals surface area contributed by atoms with E-state index in [-0.39, 0.29) is 0 Å². The maximum absolute atomic E-state index is 9.13. The number of hydrogen-bond acceptors (Lipinski definition) is 2. The van der Waals surface area contributed by atoms with Gasteiger partial charge in [-0.1, -0.05) is 6.07 Å². The van der Waals surface area contributed by atoms with Crippen LogP contribution in [-0.2, 0) is 0 Å². The number of rotatable bonds is 1. The topological polar surface area (TPSA) is 41.6 Å². The van der Waals surface area contributed by atoms with Crippen LogP contribution in [0.3, 0.4) is 0 Å². The lowest BCUT2D eigenvalue weighted by Gasteiger charge is -2.08. The van der Waals surface area contributed by atoms with Crippen LogP contribution in [0.4, 0.5) is 0 Å². The normalized spacial score (nSPS) is 9.93. The van der Waals surface area contributed by atoms with Crippen molar-refractivity contribution in [1.82, 2.24) is 9.78 Å². The molecule has 0 saturated heterocycles. The molecule has 2 aromatic rings. The van der Waals surface area contributed by atoms with Crippen molar-refractivity contribution >= 4 is 0 Å². The van der Waals surface area contributed by atoms with Gasteiger partial charge in [0.05, 0.1) is 11.3 Å². The molecule has 0 unspecified atom stereocenters. The summed E-state index contributed by atoms with van der Waals surface area (Å²) in [5.41, 5.74) is 3.68. The van der Waals surface area contributed by atoms with Crippen molar-refractivity contribution in [2.24, 2.45) is 0 Å². The lowest BCUT2D eigenvalue weighted by atomic mass is 10.0. The Morgan fingerprint density at radius 3 is 2.73 bits per heavy atom. The van der Waals surface area contributed by atoms with E-state index in [1.807, 2.05) is 38.2 Å². The maximum Gasteiger partial charge on any atom is 0.102 e. The van der Waals surface area contributed by atoms with Gasteiger partial charge in [-0.3, -0.25) is 0 Å². The van der Waals surface area contributed by atoms with Crippen LogP contribution in [0.2, 0.25) is 0 Å². The van der Waals surface area contributed by atoms with E-state index in [0.29, 0.717) is 5.56 Å². The predicted octanol–water partition coefficient (Wildman–Crippen LogP) is 2.36. The smallest absolute Gasteiger partial charge is 0.102 e. The highest BCUT2D eigenvalue weighted by Gasteiger charge is 2.08. The molecule has 15 heavy (non-hydrogen) atoms. The fraction of sp³-hybridized carbons (Fsp3) is 0.167. The van der Waals surface area contributed by atoms with E-state index in [2.05, 4.69) is 11.2 Å². The van der Waals surface area contributed by atoms with Gasteiger partial charge >= 0.3 is 0 Å². The lowest BCUT2D eigenvalue weighted by Crippen LogP contribution is -2.00. The summed E-state index contributed by atoms with van der Waals surface area (Å²) in [7, 11) is 0. The SMILES string of the molecule is Cc1ccc(-n2cccn2)c(C#N)c1C. The van der Waals surface area contributed by atoms with Gasteiger partial charge in [-0.25, -0.2) is 4.68 Å². The lowest BCUT2D eigenvalue weighted by molar-refractivity contribution is 0.874. The molecule has 0 atom stereocenters. The highest BCUT2D eigenvalue weighted by atomic mass is 15.3. The Hall–Kier alpha value is -2.08. The molecule has 3 heteroatoms. The van der Waals surface area contributed by atoms with Crippen LogP contribution in [0.1, 0.15) is 16.7 Å². The number of nitrogens with zero attached hydrogens (tertiary/aromatic N) is 3. The van der Waals surface area contributed by atoms with Gasteiger partial charge in [0.1, 0.15) is 6.07 Å². The molecule has 0 aliphatic carbocycles. The van der Waals surface area contributed by atoms with Crippen molar-refractivity contribution < 1.29 is 0 Å². The van der Waals surface area contributed by atoms with Crippen LogP contribution >= 0.6 is 0 Å². The minimum absolute atomic E-state index is 0.693. The van der Waals surface area contributed by atoms with Crippen LogP contribution in [0.15, 0.2) is 30.6 Å². The Balaban J connectivity index is 2.69. The molecule has 0 aliphatic rings. The van der Waals surface area contributed by atoms with Gasteiger partial charge in [0, 0.05) is 12.4 Å². The minimum atomic E-state index is 0.693. The molecule has 0 fully saturated rings. The summed E-state index contributed by atoms with van der Waals surface area (Å²) in [5, 5.41) is 13.3. The summed E-state index contributed by atoms with van der Waals surface area (Å²) in [5.74, 6) is 0. The average Bonchev–Trinajstić information content (AvgIpc) is 2.75. The molecule has 1 aromatic carbocycles. The molecule has 0 N–H and O–H groups in total. The van der Waals surface area contributed by atoms with E-state index in [9.17, 15) is 0 Å². The molecule has 0 saturated carbocycles. The fourth-order valence-electron chi connectivity index (χ4n) is 1.54.